The number of benzene rings is 1. The monoisotopic (exact) mass is 330 g/mol. The first-order valence-electron chi connectivity index (χ1n) is 8.15. The summed E-state index contributed by atoms with van der Waals surface area (Å²) in [6.45, 7) is 8.10. The van der Waals surface area contributed by atoms with E-state index in [9.17, 15) is 4.79 Å². The molecule has 0 aliphatic heterocycles. The minimum Gasteiger partial charge on any atom is -0.382 e. The van der Waals surface area contributed by atoms with Gasteiger partial charge in [-0.25, -0.2) is 0 Å². The molecular weight excluding hydrogens is 304 g/mol. The van der Waals surface area contributed by atoms with E-state index in [1.807, 2.05) is 39.0 Å². The van der Waals surface area contributed by atoms with Gasteiger partial charge >= 0.3 is 0 Å². The maximum absolute atomic E-state index is 12.6. The summed E-state index contributed by atoms with van der Waals surface area (Å²) in [5.41, 5.74) is 4.84. The zero-order valence-corrected chi connectivity index (χ0v) is 14.9. The summed E-state index contributed by atoms with van der Waals surface area (Å²) in [6.07, 6.45) is 0. The lowest BCUT2D eigenvalue weighted by atomic mass is 10.1. The molecule has 0 aliphatic rings. The van der Waals surface area contributed by atoms with E-state index in [1.54, 1.807) is 7.11 Å². The summed E-state index contributed by atoms with van der Waals surface area (Å²) in [6, 6.07) is 10.1. The van der Waals surface area contributed by atoms with Crippen LogP contribution in [0, 0.1) is 20.8 Å². The van der Waals surface area contributed by atoms with Crippen molar-refractivity contribution in [1.29, 1.82) is 0 Å². The van der Waals surface area contributed by atoms with Crippen LogP contribution in [0.5, 0.6) is 0 Å². The van der Waals surface area contributed by atoms with Crippen LogP contribution in [0.25, 0.3) is 5.69 Å². The van der Waals surface area contributed by atoms with Gasteiger partial charge in [-0.05, 0) is 45.0 Å². The van der Waals surface area contributed by atoms with Crippen LogP contribution >= 0.6 is 0 Å². The number of nitrogens with one attached hydrogen (secondary N) is 1. The second-order valence-corrected chi connectivity index (χ2v) is 5.83. The zero-order chi connectivity index (χ0) is 17.5. The van der Waals surface area contributed by atoms with Gasteiger partial charge < -0.3 is 19.4 Å². The van der Waals surface area contributed by atoms with Gasteiger partial charge in [-0.3, -0.25) is 4.79 Å². The van der Waals surface area contributed by atoms with Gasteiger partial charge in [0.2, 0.25) is 0 Å². The standard InChI is InChI=1S/C19H26N2O3/c1-14-5-8-18(21-15(2)6-7-16(21)3)17(13-14)19(22)20-9-10-24-12-11-23-4/h5-8,13H,9-12H2,1-4H3,(H,20,22). The fraction of sp³-hybridized carbons (Fsp3) is 0.421. The molecule has 1 aromatic carbocycles. The molecule has 5 heteroatoms. The van der Waals surface area contributed by atoms with Crippen molar-refractivity contribution in [3.8, 4) is 5.69 Å². The van der Waals surface area contributed by atoms with E-state index in [0.29, 0.717) is 31.9 Å². The topological polar surface area (TPSA) is 52.5 Å². The number of ether oxygens (including phenoxy) is 2. The number of amides is 1. The molecule has 1 amide bonds. The minimum absolute atomic E-state index is 0.0865. The number of hydrogen-bond donors (Lipinski definition) is 1. The van der Waals surface area contributed by atoms with Gasteiger partial charge in [-0.2, -0.15) is 0 Å². The van der Waals surface area contributed by atoms with Gasteiger partial charge in [0.1, 0.15) is 0 Å². The molecule has 2 aromatic rings. The first-order chi connectivity index (χ1) is 11.5. The van der Waals surface area contributed by atoms with E-state index < -0.39 is 0 Å². The predicted octanol–water partition coefficient (Wildman–Crippen LogP) is 2.80. The van der Waals surface area contributed by atoms with Crippen molar-refractivity contribution in [1.82, 2.24) is 9.88 Å². The molecule has 1 aromatic heterocycles. The smallest absolute Gasteiger partial charge is 0.253 e. The van der Waals surface area contributed by atoms with Crippen molar-refractivity contribution >= 4 is 5.91 Å². The highest BCUT2D eigenvalue weighted by atomic mass is 16.5. The molecule has 5 nitrogen and oxygen atoms in total. The second-order valence-electron chi connectivity index (χ2n) is 5.83. The highest BCUT2D eigenvalue weighted by Gasteiger charge is 2.15. The summed E-state index contributed by atoms with van der Waals surface area (Å²) in [5, 5.41) is 2.93. The third-order valence-electron chi connectivity index (χ3n) is 3.87. The van der Waals surface area contributed by atoms with E-state index in [1.165, 1.54) is 0 Å². The first kappa shape index (κ1) is 18.2. The average molecular weight is 330 g/mol. The highest BCUT2D eigenvalue weighted by Crippen LogP contribution is 2.21. The van der Waals surface area contributed by atoms with E-state index in [4.69, 9.17) is 9.47 Å². The SMILES string of the molecule is COCCOCCNC(=O)c1cc(C)ccc1-n1c(C)ccc1C. The normalized spacial score (nSPS) is 10.8. The van der Waals surface area contributed by atoms with Crippen molar-refractivity contribution in [3.63, 3.8) is 0 Å². The Bertz CT molecular complexity index is 672. The summed E-state index contributed by atoms with van der Waals surface area (Å²) < 4.78 is 12.4. The van der Waals surface area contributed by atoms with Crippen LogP contribution in [0.4, 0.5) is 0 Å². The quantitative estimate of drug-likeness (QED) is 0.757. The van der Waals surface area contributed by atoms with Gasteiger partial charge in [-0.1, -0.05) is 11.6 Å². The number of carbonyl (C=O) groups excluding carboxylic acids is 1. The van der Waals surface area contributed by atoms with Crippen LogP contribution in [0.2, 0.25) is 0 Å². The molecule has 0 saturated heterocycles. The third kappa shape index (κ3) is 4.46. The summed E-state index contributed by atoms with van der Waals surface area (Å²) in [7, 11) is 1.63. The third-order valence-corrected chi connectivity index (χ3v) is 3.87. The fourth-order valence-electron chi connectivity index (χ4n) is 2.65. The number of aromatic nitrogens is 1. The van der Waals surface area contributed by atoms with Crippen LogP contribution < -0.4 is 5.32 Å². The molecule has 0 spiro atoms. The van der Waals surface area contributed by atoms with Crippen molar-refractivity contribution in [2.75, 3.05) is 33.5 Å². The largest absolute Gasteiger partial charge is 0.382 e. The van der Waals surface area contributed by atoms with E-state index in [-0.39, 0.29) is 5.91 Å². The molecule has 0 atom stereocenters. The number of carbonyl (C=O) groups is 1. The van der Waals surface area contributed by atoms with Crippen LogP contribution in [0.15, 0.2) is 30.3 Å². The van der Waals surface area contributed by atoms with E-state index in [0.717, 1.165) is 22.6 Å². The van der Waals surface area contributed by atoms with Crippen molar-refractivity contribution in [2.24, 2.45) is 0 Å². The molecule has 24 heavy (non-hydrogen) atoms. The van der Waals surface area contributed by atoms with Gasteiger partial charge in [0.05, 0.1) is 31.1 Å². The molecule has 130 valence electrons. The Labute approximate surface area is 143 Å². The van der Waals surface area contributed by atoms with Crippen LogP contribution in [0.3, 0.4) is 0 Å². The van der Waals surface area contributed by atoms with Gasteiger partial charge in [-0.15, -0.1) is 0 Å². The molecule has 0 saturated carbocycles. The zero-order valence-electron chi connectivity index (χ0n) is 14.9. The van der Waals surface area contributed by atoms with Crippen LogP contribution in [-0.4, -0.2) is 43.9 Å². The molecule has 1 heterocycles. The Balaban J connectivity index is 2.12. The Kier molecular flexibility index (Phi) is 6.58. The Morgan fingerprint density at radius 1 is 1.04 bits per heavy atom. The number of rotatable bonds is 8. The number of hydrogen-bond acceptors (Lipinski definition) is 3. The lowest BCUT2D eigenvalue weighted by Gasteiger charge is -2.15. The second kappa shape index (κ2) is 8.66. The minimum atomic E-state index is -0.0865. The molecule has 0 radical (unpaired) electrons. The number of aryl methyl sites for hydroxylation is 3. The van der Waals surface area contributed by atoms with Gasteiger partial charge in [0.15, 0.2) is 0 Å². The van der Waals surface area contributed by atoms with Gasteiger partial charge in [0.25, 0.3) is 5.91 Å². The fourth-order valence-corrected chi connectivity index (χ4v) is 2.65. The molecule has 0 unspecified atom stereocenters. The highest BCUT2D eigenvalue weighted by molar-refractivity contribution is 5.98. The molecule has 0 fully saturated rings. The molecule has 0 aliphatic carbocycles. The maximum Gasteiger partial charge on any atom is 0.253 e. The van der Waals surface area contributed by atoms with Gasteiger partial charge in [0, 0.05) is 25.0 Å². The van der Waals surface area contributed by atoms with Crippen molar-refractivity contribution in [3.05, 3.63) is 52.8 Å². The molecule has 0 bridgehead atoms. The van der Waals surface area contributed by atoms with E-state index in [2.05, 4.69) is 22.0 Å². The maximum atomic E-state index is 12.6. The molecule has 2 rings (SSSR count). The lowest BCUT2D eigenvalue weighted by Crippen LogP contribution is -2.28. The first-order valence-corrected chi connectivity index (χ1v) is 8.15. The molecule has 1 N–H and O–H groups in total. The Hall–Kier alpha value is -2.11. The number of nitrogens with zero attached hydrogens (tertiary/aromatic N) is 1. The number of methoxy groups -OCH3 is 1. The summed E-state index contributed by atoms with van der Waals surface area (Å²) in [5.74, 6) is -0.0865. The van der Waals surface area contributed by atoms with Crippen LogP contribution in [0.1, 0.15) is 27.3 Å². The van der Waals surface area contributed by atoms with Crippen molar-refractivity contribution in [2.45, 2.75) is 20.8 Å². The van der Waals surface area contributed by atoms with E-state index >= 15 is 0 Å². The lowest BCUT2D eigenvalue weighted by molar-refractivity contribution is 0.0692. The molecular formula is C19H26N2O3. The summed E-state index contributed by atoms with van der Waals surface area (Å²) in [4.78, 5) is 12.6. The van der Waals surface area contributed by atoms with Crippen LogP contribution in [-0.2, 0) is 9.47 Å². The predicted molar refractivity (Wildman–Crippen MR) is 95.0 cm³/mol. The Morgan fingerprint density at radius 2 is 1.75 bits per heavy atom. The summed E-state index contributed by atoms with van der Waals surface area (Å²) >= 11 is 0. The van der Waals surface area contributed by atoms with Crippen molar-refractivity contribution < 1.29 is 14.3 Å². The Morgan fingerprint density at radius 3 is 2.42 bits per heavy atom. The average Bonchev–Trinajstić information content (AvgIpc) is 2.89.